The molecule has 1 N–H and O–H groups in total. The van der Waals surface area contributed by atoms with Crippen molar-refractivity contribution in [1.29, 1.82) is 0 Å². The highest BCUT2D eigenvalue weighted by atomic mass is 16.2. The van der Waals surface area contributed by atoms with Crippen molar-refractivity contribution < 1.29 is 9.28 Å². The SMILES string of the molecule is C[N@@+]12CCCC[C@H]1C(=O)NCC2. The number of carbonyl (C=O) groups excluding carboxylic acids is 1. The zero-order valence-electron chi connectivity index (χ0n) is 7.68. The second-order valence-corrected chi connectivity index (χ2v) is 4.23. The standard InChI is InChI=1S/C9H16N2O/c1-11-6-3-2-4-8(11)9(12)10-5-7-11/h8H,2-7H2,1H3/p+1/t8-,11-/m0/s1. The minimum absolute atomic E-state index is 0.257. The number of piperidine rings is 1. The smallest absolute Gasteiger partial charge is 0.278 e. The minimum Gasteiger partial charge on any atom is -0.345 e. The summed E-state index contributed by atoms with van der Waals surface area (Å²) >= 11 is 0. The van der Waals surface area contributed by atoms with Gasteiger partial charge in [0.1, 0.15) is 0 Å². The highest BCUT2D eigenvalue weighted by Crippen LogP contribution is 2.25. The first-order valence-corrected chi connectivity index (χ1v) is 4.84. The Bertz CT molecular complexity index is 201. The van der Waals surface area contributed by atoms with Gasteiger partial charge in [0, 0.05) is 6.42 Å². The average Bonchev–Trinajstić information content (AvgIpc) is 2.04. The van der Waals surface area contributed by atoms with Gasteiger partial charge in [0.05, 0.1) is 26.7 Å². The van der Waals surface area contributed by atoms with Gasteiger partial charge in [-0.1, -0.05) is 0 Å². The lowest BCUT2D eigenvalue weighted by Gasteiger charge is -2.46. The number of piperazine rings is 1. The molecular formula is C9H17N2O+. The average molecular weight is 169 g/mol. The first-order chi connectivity index (χ1) is 5.72. The Balaban J connectivity index is 2.18. The molecule has 2 rings (SSSR count). The van der Waals surface area contributed by atoms with Gasteiger partial charge in [0.15, 0.2) is 6.04 Å². The van der Waals surface area contributed by atoms with Crippen LogP contribution in [0.5, 0.6) is 0 Å². The van der Waals surface area contributed by atoms with Crippen LogP contribution in [0, 0.1) is 0 Å². The van der Waals surface area contributed by atoms with Crippen LogP contribution in [0.25, 0.3) is 0 Å². The summed E-state index contributed by atoms with van der Waals surface area (Å²) in [6.45, 7) is 3.18. The third-order valence-electron chi connectivity index (χ3n) is 3.37. The Morgan fingerprint density at radius 3 is 3.00 bits per heavy atom. The number of carbonyl (C=O) groups is 1. The van der Waals surface area contributed by atoms with Crippen molar-refractivity contribution in [2.45, 2.75) is 25.3 Å². The highest BCUT2D eigenvalue weighted by molar-refractivity contribution is 5.81. The topological polar surface area (TPSA) is 29.1 Å². The Morgan fingerprint density at radius 2 is 2.25 bits per heavy atom. The van der Waals surface area contributed by atoms with E-state index in [0.29, 0.717) is 0 Å². The number of hydrogen-bond donors (Lipinski definition) is 1. The summed E-state index contributed by atoms with van der Waals surface area (Å²) < 4.78 is 0.992. The van der Waals surface area contributed by atoms with Crippen LogP contribution in [-0.2, 0) is 4.79 Å². The van der Waals surface area contributed by atoms with Gasteiger partial charge in [0.2, 0.25) is 0 Å². The second-order valence-electron chi connectivity index (χ2n) is 4.23. The van der Waals surface area contributed by atoms with Gasteiger partial charge in [-0.2, -0.15) is 0 Å². The quantitative estimate of drug-likeness (QED) is 0.513. The maximum Gasteiger partial charge on any atom is 0.278 e. The van der Waals surface area contributed by atoms with Gasteiger partial charge in [0.25, 0.3) is 5.91 Å². The lowest BCUT2D eigenvalue weighted by molar-refractivity contribution is -0.930. The fourth-order valence-electron chi connectivity index (χ4n) is 2.51. The van der Waals surface area contributed by atoms with Crippen molar-refractivity contribution in [3.8, 4) is 0 Å². The molecule has 12 heavy (non-hydrogen) atoms. The molecule has 3 heteroatoms. The van der Waals surface area contributed by atoms with Gasteiger partial charge in [-0.05, 0) is 12.8 Å². The molecule has 2 fully saturated rings. The number of amides is 1. The van der Waals surface area contributed by atoms with Gasteiger partial charge in [-0.25, -0.2) is 0 Å². The molecule has 0 radical (unpaired) electrons. The summed E-state index contributed by atoms with van der Waals surface area (Å²) in [5.74, 6) is 0.281. The van der Waals surface area contributed by atoms with Gasteiger partial charge >= 0.3 is 0 Å². The van der Waals surface area contributed by atoms with Crippen LogP contribution >= 0.6 is 0 Å². The van der Waals surface area contributed by atoms with Crippen LogP contribution < -0.4 is 5.32 Å². The summed E-state index contributed by atoms with van der Waals surface area (Å²) in [6.07, 6.45) is 3.61. The van der Waals surface area contributed by atoms with Crippen molar-refractivity contribution in [2.75, 3.05) is 26.7 Å². The van der Waals surface area contributed by atoms with Crippen molar-refractivity contribution in [2.24, 2.45) is 0 Å². The molecule has 0 spiro atoms. The number of quaternary nitrogens is 1. The van der Waals surface area contributed by atoms with Crippen LogP contribution in [0.4, 0.5) is 0 Å². The largest absolute Gasteiger partial charge is 0.345 e. The molecule has 0 aromatic rings. The molecule has 2 aliphatic rings. The van der Waals surface area contributed by atoms with E-state index in [4.69, 9.17) is 0 Å². The Labute approximate surface area is 73.3 Å². The molecule has 0 aromatic heterocycles. The third kappa shape index (κ3) is 1.12. The Kier molecular flexibility index (Phi) is 1.83. The first-order valence-electron chi connectivity index (χ1n) is 4.84. The molecule has 0 aliphatic carbocycles. The number of nitrogens with one attached hydrogen (secondary N) is 1. The maximum atomic E-state index is 11.5. The van der Waals surface area contributed by atoms with E-state index in [1.807, 2.05) is 0 Å². The molecule has 68 valence electrons. The van der Waals surface area contributed by atoms with Crippen LogP contribution in [0.2, 0.25) is 0 Å². The summed E-state index contributed by atoms with van der Waals surface area (Å²) in [5, 5.41) is 2.95. The summed E-state index contributed by atoms with van der Waals surface area (Å²) in [4.78, 5) is 11.5. The zero-order valence-corrected chi connectivity index (χ0v) is 7.68. The molecule has 3 nitrogen and oxygen atoms in total. The monoisotopic (exact) mass is 169 g/mol. The fourth-order valence-corrected chi connectivity index (χ4v) is 2.51. The van der Waals surface area contributed by atoms with E-state index in [0.717, 1.165) is 24.0 Å². The van der Waals surface area contributed by atoms with Gasteiger partial charge in [-0.15, -0.1) is 0 Å². The van der Waals surface area contributed by atoms with E-state index in [1.54, 1.807) is 0 Å². The molecule has 2 heterocycles. The number of rotatable bonds is 0. The molecule has 0 saturated carbocycles. The Morgan fingerprint density at radius 1 is 1.42 bits per heavy atom. The van der Waals surface area contributed by atoms with E-state index in [1.165, 1.54) is 19.4 Å². The maximum absolute atomic E-state index is 11.5. The van der Waals surface area contributed by atoms with Crippen LogP contribution in [0.1, 0.15) is 19.3 Å². The molecule has 2 saturated heterocycles. The highest BCUT2D eigenvalue weighted by Gasteiger charge is 2.42. The van der Waals surface area contributed by atoms with Gasteiger partial charge in [-0.3, -0.25) is 4.79 Å². The fraction of sp³-hybridized carbons (Fsp3) is 0.889. The van der Waals surface area contributed by atoms with Crippen LogP contribution in [0.3, 0.4) is 0 Å². The number of fused-ring (bicyclic) bond motifs is 1. The zero-order chi connectivity index (χ0) is 8.60. The van der Waals surface area contributed by atoms with Gasteiger partial charge < -0.3 is 9.80 Å². The molecule has 0 bridgehead atoms. The number of nitrogens with zero attached hydrogens (tertiary/aromatic N) is 1. The van der Waals surface area contributed by atoms with E-state index in [9.17, 15) is 4.79 Å². The molecule has 0 unspecified atom stereocenters. The molecule has 0 aromatic carbocycles. The minimum atomic E-state index is 0.257. The van der Waals surface area contributed by atoms with Crippen molar-refractivity contribution in [1.82, 2.24) is 5.32 Å². The molecule has 2 atom stereocenters. The third-order valence-corrected chi connectivity index (χ3v) is 3.37. The predicted octanol–water partition coefficient (Wildman–Crippen LogP) is 0.115. The lowest BCUT2D eigenvalue weighted by Crippen LogP contribution is -2.66. The summed E-state index contributed by atoms with van der Waals surface area (Å²) in [5.41, 5.74) is 0. The van der Waals surface area contributed by atoms with Crippen molar-refractivity contribution in [3.05, 3.63) is 0 Å². The van der Waals surface area contributed by atoms with Crippen LogP contribution in [-0.4, -0.2) is 43.1 Å². The van der Waals surface area contributed by atoms with E-state index < -0.39 is 0 Å². The van der Waals surface area contributed by atoms with Crippen molar-refractivity contribution >= 4 is 5.91 Å². The number of hydrogen-bond acceptors (Lipinski definition) is 1. The normalized spacial score (nSPS) is 41.8. The predicted molar refractivity (Wildman–Crippen MR) is 46.6 cm³/mol. The lowest BCUT2D eigenvalue weighted by atomic mass is 9.96. The summed E-state index contributed by atoms with van der Waals surface area (Å²) in [7, 11) is 2.22. The molecular weight excluding hydrogens is 152 g/mol. The van der Waals surface area contributed by atoms with E-state index in [2.05, 4.69) is 12.4 Å². The Hall–Kier alpha value is -0.570. The second kappa shape index (κ2) is 2.73. The summed E-state index contributed by atoms with van der Waals surface area (Å²) in [6, 6.07) is 0.257. The number of likely N-dealkylation sites (N-methyl/N-ethyl adjacent to an activating group) is 1. The van der Waals surface area contributed by atoms with Crippen molar-refractivity contribution in [3.63, 3.8) is 0 Å². The molecule has 2 aliphatic heterocycles. The first kappa shape index (κ1) is 8.05. The van der Waals surface area contributed by atoms with E-state index >= 15 is 0 Å². The van der Waals surface area contributed by atoms with Crippen LogP contribution in [0.15, 0.2) is 0 Å². The molecule has 1 amide bonds. The van der Waals surface area contributed by atoms with E-state index in [-0.39, 0.29) is 11.9 Å².